The Bertz CT molecular complexity index is 388. The van der Waals surface area contributed by atoms with E-state index in [4.69, 9.17) is 5.73 Å². The number of carbonyl (C=O) groups is 2. The molecule has 1 fully saturated rings. The predicted octanol–water partition coefficient (Wildman–Crippen LogP) is -0.714. The summed E-state index contributed by atoms with van der Waals surface area (Å²) in [6, 6.07) is 0. The molecule has 1 aliphatic heterocycles. The Morgan fingerprint density at radius 3 is 3.06 bits per heavy atom. The zero-order valence-electron chi connectivity index (χ0n) is 8.85. The van der Waals surface area contributed by atoms with Gasteiger partial charge in [0, 0.05) is 37.8 Å². The molecule has 1 saturated heterocycles. The Balaban J connectivity index is 1.87. The standard InChI is InChI=1S/C10H14N4O2/c11-10(16)7-3-9(15)14(5-7)2-1-8-4-12-6-13-8/h4,6-7H,1-3,5H2,(H2,11,16)(H,12,13). The normalized spacial score (nSPS) is 20.4. The molecule has 1 aromatic rings. The van der Waals surface area contributed by atoms with E-state index < -0.39 is 5.91 Å². The Hall–Kier alpha value is -1.85. The number of aromatic nitrogens is 2. The molecule has 1 unspecified atom stereocenters. The molecule has 0 radical (unpaired) electrons. The molecule has 16 heavy (non-hydrogen) atoms. The first kappa shape index (κ1) is 10.7. The first-order valence-electron chi connectivity index (χ1n) is 5.21. The van der Waals surface area contributed by atoms with Gasteiger partial charge in [0.15, 0.2) is 0 Å². The van der Waals surface area contributed by atoms with E-state index in [0.29, 0.717) is 13.1 Å². The van der Waals surface area contributed by atoms with Crippen molar-refractivity contribution in [3.63, 3.8) is 0 Å². The lowest BCUT2D eigenvalue weighted by Crippen LogP contribution is -2.30. The maximum Gasteiger partial charge on any atom is 0.223 e. The van der Waals surface area contributed by atoms with Gasteiger partial charge in [-0.15, -0.1) is 0 Å². The van der Waals surface area contributed by atoms with Gasteiger partial charge in [-0.3, -0.25) is 9.59 Å². The van der Waals surface area contributed by atoms with Gasteiger partial charge >= 0.3 is 0 Å². The molecular formula is C10H14N4O2. The van der Waals surface area contributed by atoms with Crippen LogP contribution in [0.5, 0.6) is 0 Å². The van der Waals surface area contributed by atoms with Gasteiger partial charge in [-0.2, -0.15) is 0 Å². The lowest BCUT2D eigenvalue weighted by molar-refractivity contribution is -0.128. The second-order valence-electron chi connectivity index (χ2n) is 3.97. The molecular weight excluding hydrogens is 208 g/mol. The summed E-state index contributed by atoms with van der Waals surface area (Å²) in [7, 11) is 0. The summed E-state index contributed by atoms with van der Waals surface area (Å²) < 4.78 is 0. The van der Waals surface area contributed by atoms with Crippen molar-refractivity contribution in [2.45, 2.75) is 12.8 Å². The molecule has 86 valence electrons. The summed E-state index contributed by atoms with van der Waals surface area (Å²) >= 11 is 0. The van der Waals surface area contributed by atoms with Crippen LogP contribution in [0.3, 0.4) is 0 Å². The summed E-state index contributed by atoms with van der Waals surface area (Å²) in [5.74, 6) is -0.713. The van der Waals surface area contributed by atoms with Crippen LogP contribution in [0.4, 0.5) is 0 Å². The molecule has 6 nitrogen and oxygen atoms in total. The van der Waals surface area contributed by atoms with Crippen molar-refractivity contribution in [2.75, 3.05) is 13.1 Å². The topological polar surface area (TPSA) is 92.1 Å². The Morgan fingerprint density at radius 1 is 1.69 bits per heavy atom. The quantitative estimate of drug-likeness (QED) is 0.704. The smallest absolute Gasteiger partial charge is 0.223 e. The highest BCUT2D eigenvalue weighted by Crippen LogP contribution is 2.17. The number of amides is 2. The summed E-state index contributed by atoms with van der Waals surface area (Å²) in [4.78, 5) is 31.0. The number of rotatable bonds is 4. The highest BCUT2D eigenvalue weighted by Gasteiger charge is 2.32. The largest absolute Gasteiger partial charge is 0.369 e. The molecule has 2 heterocycles. The van der Waals surface area contributed by atoms with E-state index in [0.717, 1.165) is 12.1 Å². The minimum absolute atomic E-state index is 0.00307. The van der Waals surface area contributed by atoms with Crippen molar-refractivity contribution in [3.8, 4) is 0 Å². The van der Waals surface area contributed by atoms with Gasteiger partial charge in [-0.05, 0) is 0 Å². The second-order valence-corrected chi connectivity index (χ2v) is 3.97. The maximum absolute atomic E-state index is 11.5. The molecule has 2 amide bonds. The van der Waals surface area contributed by atoms with E-state index >= 15 is 0 Å². The number of nitrogens with zero attached hydrogens (tertiary/aromatic N) is 2. The number of carbonyl (C=O) groups excluding carboxylic acids is 2. The molecule has 0 saturated carbocycles. The van der Waals surface area contributed by atoms with Crippen molar-refractivity contribution >= 4 is 11.8 Å². The first-order chi connectivity index (χ1) is 7.66. The van der Waals surface area contributed by atoms with Crippen LogP contribution in [0.1, 0.15) is 12.1 Å². The number of aromatic amines is 1. The van der Waals surface area contributed by atoms with Crippen LogP contribution in [0, 0.1) is 5.92 Å². The summed E-state index contributed by atoms with van der Waals surface area (Å²) in [6.07, 6.45) is 4.30. The van der Waals surface area contributed by atoms with Crippen molar-refractivity contribution in [2.24, 2.45) is 11.7 Å². The van der Waals surface area contributed by atoms with E-state index in [1.807, 2.05) is 0 Å². The van der Waals surface area contributed by atoms with Gasteiger partial charge < -0.3 is 15.6 Å². The average Bonchev–Trinajstić information content (AvgIpc) is 2.84. The van der Waals surface area contributed by atoms with Crippen molar-refractivity contribution < 1.29 is 9.59 Å². The summed E-state index contributed by atoms with van der Waals surface area (Å²) in [6.45, 7) is 1.05. The molecule has 3 N–H and O–H groups in total. The highest BCUT2D eigenvalue weighted by atomic mass is 16.2. The van der Waals surface area contributed by atoms with E-state index in [1.54, 1.807) is 17.4 Å². The maximum atomic E-state index is 11.5. The average molecular weight is 222 g/mol. The summed E-state index contributed by atoms with van der Waals surface area (Å²) in [5.41, 5.74) is 6.16. The van der Waals surface area contributed by atoms with Gasteiger partial charge in [0.1, 0.15) is 0 Å². The third-order valence-corrected chi connectivity index (χ3v) is 2.82. The van der Waals surface area contributed by atoms with Gasteiger partial charge in [-0.25, -0.2) is 4.98 Å². The fourth-order valence-corrected chi connectivity index (χ4v) is 1.86. The molecule has 1 aromatic heterocycles. The SMILES string of the molecule is NC(=O)C1CC(=O)N(CCc2cnc[nH]2)C1. The number of imidazole rings is 1. The lowest BCUT2D eigenvalue weighted by atomic mass is 10.1. The van der Waals surface area contributed by atoms with E-state index in [-0.39, 0.29) is 18.2 Å². The fourth-order valence-electron chi connectivity index (χ4n) is 1.86. The van der Waals surface area contributed by atoms with E-state index in [2.05, 4.69) is 9.97 Å². The Morgan fingerprint density at radius 2 is 2.50 bits per heavy atom. The van der Waals surface area contributed by atoms with Gasteiger partial charge in [0.05, 0.1) is 12.2 Å². The van der Waals surface area contributed by atoms with E-state index in [9.17, 15) is 9.59 Å². The van der Waals surface area contributed by atoms with Gasteiger partial charge in [0.2, 0.25) is 11.8 Å². The number of hydrogen-bond donors (Lipinski definition) is 2. The molecule has 1 atom stereocenters. The van der Waals surface area contributed by atoms with Crippen LogP contribution in [-0.4, -0.2) is 39.8 Å². The monoisotopic (exact) mass is 222 g/mol. The van der Waals surface area contributed by atoms with Crippen LogP contribution < -0.4 is 5.73 Å². The summed E-state index contributed by atoms with van der Waals surface area (Å²) in [5, 5.41) is 0. The Kier molecular flexibility index (Phi) is 2.89. The van der Waals surface area contributed by atoms with Crippen LogP contribution >= 0.6 is 0 Å². The van der Waals surface area contributed by atoms with Crippen molar-refractivity contribution in [3.05, 3.63) is 18.2 Å². The van der Waals surface area contributed by atoms with Crippen LogP contribution in [0.25, 0.3) is 0 Å². The number of nitrogens with one attached hydrogen (secondary N) is 1. The molecule has 0 aliphatic carbocycles. The first-order valence-corrected chi connectivity index (χ1v) is 5.21. The number of primary amides is 1. The molecule has 0 spiro atoms. The highest BCUT2D eigenvalue weighted by molar-refractivity contribution is 5.88. The van der Waals surface area contributed by atoms with Gasteiger partial charge in [0.25, 0.3) is 0 Å². The zero-order chi connectivity index (χ0) is 11.5. The number of likely N-dealkylation sites (tertiary alicyclic amines) is 1. The van der Waals surface area contributed by atoms with E-state index in [1.165, 1.54) is 0 Å². The van der Waals surface area contributed by atoms with Crippen LogP contribution in [-0.2, 0) is 16.0 Å². The molecule has 6 heteroatoms. The fraction of sp³-hybridized carbons (Fsp3) is 0.500. The van der Waals surface area contributed by atoms with Gasteiger partial charge in [-0.1, -0.05) is 0 Å². The van der Waals surface area contributed by atoms with Crippen molar-refractivity contribution in [1.29, 1.82) is 0 Å². The number of nitrogens with two attached hydrogens (primary N) is 1. The zero-order valence-corrected chi connectivity index (χ0v) is 8.85. The number of hydrogen-bond acceptors (Lipinski definition) is 3. The molecule has 0 aromatic carbocycles. The Labute approximate surface area is 92.8 Å². The van der Waals surface area contributed by atoms with Crippen LogP contribution in [0.2, 0.25) is 0 Å². The lowest BCUT2D eigenvalue weighted by Gasteiger charge is -2.15. The minimum Gasteiger partial charge on any atom is -0.369 e. The van der Waals surface area contributed by atoms with Crippen molar-refractivity contribution in [1.82, 2.24) is 14.9 Å². The predicted molar refractivity (Wildman–Crippen MR) is 56.2 cm³/mol. The molecule has 1 aliphatic rings. The van der Waals surface area contributed by atoms with Crippen LogP contribution in [0.15, 0.2) is 12.5 Å². The third kappa shape index (κ3) is 2.21. The minimum atomic E-state index is -0.391. The molecule has 2 rings (SSSR count). The number of H-pyrrole nitrogens is 1. The second kappa shape index (κ2) is 4.34. The third-order valence-electron chi connectivity index (χ3n) is 2.82. The molecule has 0 bridgehead atoms.